The van der Waals surface area contributed by atoms with E-state index in [2.05, 4.69) is 18.9 Å². The third kappa shape index (κ3) is 9.77. The molecule has 0 aliphatic carbocycles. The quantitative estimate of drug-likeness (QED) is 0.520. The summed E-state index contributed by atoms with van der Waals surface area (Å²) in [6, 6.07) is 0. The minimum atomic E-state index is -0.573. The highest BCUT2D eigenvalue weighted by atomic mass is 16.7. The first kappa shape index (κ1) is 15.2. The summed E-state index contributed by atoms with van der Waals surface area (Å²) in [6.07, 6.45) is 1.34. The molecule has 16 heavy (non-hydrogen) atoms. The smallest absolute Gasteiger partial charge is 0.434 e. The summed E-state index contributed by atoms with van der Waals surface area (Å²) in [4.78, 5) is 13.4. The Labute approximate surface area is 98.9 Å². The number of nitrogens with zero attached hydrogens (tertiary/aromatic N) is 1. The van der Waals surface area contributed by atoms with E-state index < -0.39 is 11.8 Å². The van der Waals surface area contributed by atoms with Crippen LogP contribution in [0, 0.1) is 0 Å². The fourth-order valence-corrected chi connectivity index (χ4v) is 1.08. The summed E-state index contributed by atoms with van der Waals surface area (Å²) < 4.78 is 9.97. The monoisotopic (exact) mass is 231 g/mol. The Balaban J connectivity index is 3.42. The number of carbonyl (C=O) groups is 1. The molecule has 0 aromatic heterocycles. The van der Waals surface area contributed by atoms with E-state index in [0.29, 0.717) is 6.61 Å². The number of hydrogen-bond acceptors (Lipinski definition) is 4. The molecule has 4 nitrogen and oxygen atoms in total. The molecule has 0 spiro atoms. The van der Waals surface area contributed by atoms with Gasteiger partial charge >= 0.3 is 6.16 Å². The molecule has 0 aromatic rings. The Morgan fingerprint density at radius 3 is 2.38 bits per heavy atom. The maximum atomic E-state index is 11.2. The molecule has 0 unspecified atom stereocenters. The second kappa shape index (κ2) is 7.49. The van der Waals surface area contributed by atoms with Gasteiger partial charge in [0, 0.05) is 0 Å². The lowest BCUT2D eigenvalue weighted by atomic mass is 10.2. The van der Waals surface area contributed by atoms with Gasteiger partial charge in [-0.15, -0.1) is 0 Å². The highest BCUT2D eigenvalue weighted by Gasteiger charge is 2.16. The summed E-state index contributed by atoms with van der Waals surface area (Å²) in [5.74, 6) is 0. The van der Waals surface area contributed by atoms with Crippen LogP contribution in [-0.4, -0.2) is 43.4 Å². The van der Waals surface area contributed by atoms with Gasteiger partial charge in [0.05, 0.1) is 6.61 Å². The molecule has 0 bridgehead atoms. The van der Waals surface area contributed by atoms with Gasteiger partial charge in [0.25, 0.3) is 0 Å². The van der Waals surface area contributed by atoms with Gasteiger partial charge in [0.2, 0.25) is 0 Å². The summed E-state index contributed by atoms with van der Waals surface area (Å²) in [5.41, 5.74) is -0.473. The van der Waals surface area contributed by atoms with E-state index >= 15 is 0 Å². The predicted octanol–water partition coefficient (Wildman–Crippen LogP) is 2.67. The third-order valence-electron chi connectivity index (χ3n) is 2.08. The van der Waals surface area contributed by atoms with Crippen molar-refractivity contribution in [2.75, 3.05) is 26.7 Å². The highest BCUT2D eigenvalue weighted by Crippen LogP contribution is 2.08. The third-order valence-corrected chi connectivity index (χ3v) is 2.08. The molecule has 0 amide bonds. The van der Waals surface area contributed by atoms with Crippen molar-refractivity contribution in [3.05, 3.63) is 0 Å². The summed E-state index contributed by atoms with van der Waals surface area (Å²) in [5, 5.41) is 0. The predicted molar refractivity (Wildman–Crippen MR) is 64.6 cm³/mol. The van der Waals surface area contributed by atoms with Crippen LogP contribution in [0.4, 0.5) is 4.79 Å². The van der Waals surface area contributed by atoms with E-state index in [0.717, 1.165) is 25.9 Å². The molecule has 0 saturated heterocycles. The Morgan fingerprint density at radius 2 is 1.88 bits per heavy atom. The zero-order valence-corrected chi connectivity index (χ0v) is 11.2. The second-order valence-electron chi connectivity index (χ2n) is 4.92. The largest absolute Gasteiger partial charge is 0.508 e. The standard InChI is InChI=1S/C12H25NO3/c1-6-13(5)9-7-8-10-15-11(14)16-12(2,3)4/h6-10H2,1-5H3. The molecule has 0 fully saturated rings. The molecule has 0 atom stereocenters. The molecule has 96 valence electrons. The van der Waals surface area contributed by atoms with Crippen LogP contribution >= 0.6 is 0 Å². The zero-order chi connectivity index (χ0) is 12.6. The lowest BCUT2D eigenvalue weighted by Gasteiger charge is -2.19. The molecular weight excluding hydrogens is 206 g/mol. The van der Waals surface area contributed by atoms with Crippen LogP contribution in [0.15, 0.2) is 0 Å². The van der Waals surface area contributed by atoms with Gasteiger partial charge < -0.3 is 14.4 Å². The van der Waals surface area contributed by atoms with Crippen LogP contribution in [0.3, 0.4) is 0 Å². The van der Waals surface area contributed by atoms with E-state index in [1.54, 1.807) is 0 Å². The van der Waals surface area contributed by atoms with E-state index in [1.165, 1.54) is 0 Å². The SMILES string of the molecule is CCN(C)CCCCOC(=O)OC(C)(C)C. The van der Waals surface area contributed by atoms with Gasteiger partial charge in [0.1, 0.15) is 5.60 Å². The van der Waals surface area contributed by atoms with Crippen LogP contribution in [0.25, 0.3) is 0 Å². The average molecular weight is 231 g/mol. The molecule has 0 saturated carbocycles. The molecular formula is C12H25NO3. The summed E-state index contributed by atoms with van der Waals surface area (Å²) in [6.45, 7) is 10.1. The number of ether oxygens (including phenoxy) is 2. The van der Waals surface area contributed by atoms with Crippen molar-refractivity contribution in [1.82, 2.24) is 4.90 Å². The fourth-order valence-electron chi connectivity index (χ4n) is 1.08. The Hall–Kier alpha value is -0.770. The van der Waals surface area contributed by atoms with Crippen molar-refractivity contribution in [2.45, 2.75) is 46.1 Å². The van der Waals surface area contributed by atoms with Crippen molar-refractivity contribution in [2.24, 2.45) is 0 Å². The first-order valence-electron chi connectivity index (χ1n) is 5.89. The number of unbranched alkanes of at least 4 members (excludes halogenated alkanes) is 1. The topological polar surface area (TPSA) is 38.8 Å². The minimum Gasteiger partial charge on any atom is -0.434 e. The molecule has 0 heterocycles. The number of rotatable bonds is 6. The van der Waals surface area contributed by atoms with Crippen LogP contribution in [0.1, 0.15) is 40.5 Å². The molecule has 0 aliphatic heterocycles. The number of hydrogen-bond donors (Lipinski definition) is 0. The molecule has 0 aliphatic rings. The van der Waals surface area contributed by atoms with Gasteiger partial charge in [-0.25, -0.2) is 4.79 Å². The molecule has 0 N–H and O–H groups in total. The highest BCUT2D eigenvalue weighted by molar-refractivity contribution is 5.60. The Bertz CT molecular complexity index is 199. The van der Waals surface area contributed by atoms with Crippen LogP contribution < -0.4 is 0 Å². The van der Waals surface area contributed by atoms with E-state index in [9.17, 15) is 4.79 Å². The van der Waals surface area contributed by atoms with Crippen LogP contribution in [-0.2, 0) is 9.47 Å². The lowest BCUT2D eigenvalue weighted by Crippen LogP contribution is -2.25. The Kier molecular flexibility index (Phi) is 7.13. The van der Waals surface area contributed by atoms with Crippen LogP contribution in [0.5, 0.6) is 0 Å². The van der Waals surface area contributed by atoms with Crippen molar-refractivity contribution in [3.63, 3.8) is 0 Å². The van der Waals surface area contributed by atoms with E-state index in [1.807, 2.05) is 20.8 Å². The van der Waals surface area contributed by atoms with Gasteiger partial charge in [-0.1, -0.05) is 6.92 Å². The first-order valence-corrected chi connectivity index (χ1v) is 5.89. The van der Waals surface area contributed by atoms with Crippen LogP contribution in [0.2, 0.25) is 0 Å². The zero-order valence-electron chi connectivity index (χ0n) is 11.2. The van der Waals surface area contributed by atoms with E-state index in [4.69, 9.17) is 9.47 Å². The fraction of sp³-hybridized carbons (Fsp3) is 0.917. The second-order valence-corrected chi connectivity index (χ2v) is 4.92. The summed E-state index contributed by atoms with van der Waals surface area (Å²) >= 11 is 0. The van der Waals surface area contributed by atoms with Gasteiger partial charge in [-0.3, -0.25) is 0 Å². The van der Waals surface area contributed by atoms with Crippen molar-refractivity contribution in [1.29, 1.82) is 0 Å². The molecule has 0 rings (SSSR count). The van der Waals surface area contributed by atoms with Gasteiger partial charge in [-0.05, 0) is 53.8 Å². The maximum absolute atomic E-state index is 11.2. The number of carbonyl (C=O) groups excluding carboxylic acids is 1. The normalized spacial score (nSPS) is 11.6. The van der Waals surface area contributed by atoms with Crippen molar-refractivity contribution in [3.8, 4) is 0 Å². The minimum absolute atomic E-state index is 0.437. The van der Waals surface area contributed by atoms with Crippen molar-refractivity contribution >= 4 is 6.16 Å². The Morgan fingerprint density at radius 1 is 1.25 bits per heavy atom. The molecule has 0 radical (unpaired) electrons. The molecule has 0 aromatic carbocycles. The lowest BCUT2D eigenvalue weighted by molar-refractivity contribution is -0.00780. The van der Waals surface area contributed by atoms with Crippen molar-refractivity contribution < 1.29 is 14.3 Å². The maximum Gasteiger partial charge on any atom is 0.508 e. The van der Waals surface area contributed by atoms with Gasteiger partial charge in [0.15, 0.2) is 0 Å². The first-order chi connectivity index (χ1) is 7.35. The van der Waals surface area contributed by atoms with Gasteiger partial charge in [-0.2, -0.15) is 0 Å². The van der Waals surface area contributed by atoms with E-state index in [-0.39, 0.29) is 0 Å². The molecule has 4 heteroatoms. The average Bonchev–Trinajstić information content (AvgIpc) is 2.14. The summed E-state index contributed by atoms with van der Waals surface area (Å²) in [7, 11) is 2.08.